The molecule has 1 aliphatic heterocycles. The van der Waals surface area contributed by atoms with E-state index in [0.717, 1.165) is 5.25 Å². The molecule has 1 nitrogen and oxygen atoms in total. The smallest absolute Gasteiger partial charge is 0.0294 e. The number of hydrogen-bond donors (Lipinski definition) is 1. The Hall–Kier alpha value is -0.470. The van der Waals surface area contributed by atoms with E-state index in [4.69, 9.17) is 0 Å². The van der Waals surface area contributed by atoms with Crippen LogP contribution >= 0.6 is 11.8 Å². The van der Waals surface area contributed by atoms with Crippen LogP contribution in [0.15, 0.2) is 30.3 Å². The fourth-order valence-electron chi connectivity index (χ4n) is 2.30. The lowest BCUT2D eigenvalue weighted by Gasteiger charge is -2.32. The van der Waals surface area contributed by atoms with Gasteiger partial charge in [0.25, 0.3) is 0 Å². The molecule has 16 heavy (non-hydrogen) atoms. The van der Waals surface area contributed by atoms with Gasteiger partial charge in [0.2, 0.25) is 0 Å². The minimum atomic E-state index is 0.465. The number of nitrogens with one attached hydrogen (secondary N) is 1. The number of benzene rings is 1. The van der Waals surface area contributed by atoms with Crippen LogP contribution in [-0.2, 0) is 0 Å². The van der Waals surface area contributed by atoms with E-state index in [1.807, 2.05) is 0 Å². The third kappa shape index (κ3) is 3.02. The molecule has 88 valence electrons. The Morgan fingerprint density at radius 2 is 2.06 bits per heavy atom. The Bertz CT molecular complexity index is 312. The summed E-state index contributed by atoms with van der Waals surface area (Å²) < 4.78 is 0. The van der Waals surface area contributed by atoms with Gasteiger partial charge in [0.1, 0.15) is 0 Å². The first-order valence-corrected chi connectivity index (χ1v) is 7.25. The van der Waals surface area contributed by atoms with Crippen molar-refractivity contribution in [2.24, 2.45) is 0 Å². The van der Waals surface area contributed by atoms with E-state index in [-0.39, 0.29) is 0 Å². The van der Waals surface area contributed by atoms with E-state index < -0.39 is 0 Å². The van der Waals surface area contributed by atoms with Gasteiger partial charge in [0, 0.05) is 17.3 Å². The Morgan fingerprint density at radius 3 is 2.75 bits per heavy atom. The SMILES string of the molecule is CC1SCCCC1N[C@H](C)c1ccccc1. The van der Waals surface area contributed by atoms with Gasteiger partial charge in [-0.25, -0.2) is 0 Å². The number of thioether (sulfide) groups is 1. The first-order chi connectivity index (χ1) is 7.77. The second kappa shape index (κ2) is 5.74. The quantitative estimate of drug-likeness (QED) is 0.858. The van der Waals surface area contributed by atoms with Gasteiger partial charge in [-0.15, -0.1) is 0 Å². The molecular weight excluding hydrogens is 214 g/mol. The Balaban J connectivity index is 1.94. The Morgan fingerprint density at radius 1 is 1.31 bits per heavy atom. The van der Waals surface area contributed by atoms with Crippen molar-refractivity contribution in [1.82, 2.24) is 5.32 Å². The molecule has 2 rings (SSSR count). The third-order valence-electron chi connectivity index (χ3n) is 3.37. The first-order valence-electron chi connectivity index (χ1n) is 6.20. The van der Waals surface area contributed by atoms with Crippen molar-refractivity contribution in [3.63, 3.8) is 0 Å². The summed E-state index contributed by atoms with van der Waals surface area (Å²) in [4.78, 5) is 0. The minimum Gasteiger partial charge on any atom is -0.306 e. The van der Waals surface area contributed by atoms with E-state index in [9.17, 15) is 0 Å². The molecule has 1 aliphatic rings. The maximum atomic E-state index is 3.76. The third-order valence-corrected chi connectivity index (χ3v) is 4.75. The highest BCUT2D eigenvalue weighted by molar-refractivity contribution is 7.99. The zero-order chi connectivity index (χ0) is 11.4. The molecule has 1 aromatic carbocycles. The van der Waals surface area contributed by atoms with Crippen molar-refractivity contribution < 1.29 is 0 Å². The second-order valence-electron chi connectivity index (χ2n) is 4.62. The molecule has 1 N–H and O–H groups in total. The Labute approximate surface area is 103 Å². The van der Waals surface area contributed by atoms with E-state index in [2.05, 4.69) is 61.3 Å². The zero-order valence-corrected chi connectivity index (χ0v) is 11.0. The summed E-state index contributed by atoms with van der Waals surface area (Å²) in [5.74, 6) is 1.33. The normalized spacial score (nSPS) is 27.6. The van der Waals surface area contributed by atoms with Crippen LogP contribution in [0, 0.1) is 0 Å². The van der Waals surface area contributed by atoms with Gasteiger partial charge >= 0.3 is 0 Å². The van der Waals surface area contributed by atoms with Gasteiger partial charge in [-0.3, -0.25) is 0 Å². The summed E-state index contributed by atoms with van der Waals surface area (Å²) in [5.41, 5.74) is 1.39. The molecule has 0 spiro atoms. The molecule has 0 aliphatic carbocycles. The molecule has 2 unspecified atom stereocenters. The summed E-state index contributed by atoms with van der Waals surface area (Å²) in [6.45, 7) is 4.61. The van der Waals surface area contributed by atoms with Crippen molar-refractivity contribution in [1.29, 1.82) is 0 Å². The highest BCUT2D eigenvalue weighted by atomic mass is 32.2. The Kier molecular flexibility index (Phi) is 4.30. The van der Waals surface area contributed by atoms with Crippen LogP contribution in [0.5, 0.6) is 0 Å². The molecule has 1 saturated heterocycles. The van der Waals surface area contributed by atoms with Crippen molar-refractivity contribution in [2.45, 2.75) is 44.0 Å². The van der Waals surface area contributed by atoms with Crippen molar-refractivity contribution in [3.8, 4) is 0 Å². The average Bonchev–Trinajstić information content (AvgIpc) is 2.33. The van der Waals surface area contributed by atoms with E-state index in [0.29, 0.717) is 12.1 Å². The average molecular weight is 235 g/mol. The van der Waals surface area contributed by atoms with Gasteiger partial charge in [-0.05, 0) is 31.1 Å². The summed E-state index contributed by atoms with van der Waals surface area (Å²) in [7, 11) is 0. The lowest BCUT2D eigenvalue weighted by molar-refractivity contribution is 0.417. The molecule has 0 amide bonds. The molecular formula is C14H21NS. The van der Waals surface area contributed by atoms with Crippen LogP contribution in [-0.4, -0.2) is 17.0 Å². The molecule has 1 heterocycles. The maximum Gasteiger partial charge on any atom is 0.0294 e. The summed E-state index contributed by atoms with van der Waals surface area (Å²) in [5, 5.41) is 4.51. The van der Waals surface area contributed by atoms with E-state index >= 15 is 0 Å². The molecule has 1 fully saturated rings. The van der Waals surface area contributed by atoms with Crippen LogP contribution in [0.1, 0.15) is 38.3 Å². The van der Waals surface area contributed by atoms with Crippen LogP contribution in [0.25, 0.3) is 0 Å². The van der Waals surface area contributed by atoms with E-state index in [1.54, 1.807) is 0 Å². The standard InChI is InChI=1S/C14H21NS/c1-11(13-7-4-3-5-8-13)15-14-9-6-10-16-12(14)2/h3-5,7-8,11-12,14-15H,6,9-10H2,1-2H3/t11-,12?,14?/m1/s1. The van der Waals surface area contributed by atoms with Crippen LogP contribution < -0.4 is 5.32 Å². The molecule has 2 heteroatoms. The van der Waals surface area contributed by atoms with E-state index in [1.165, 1.54) is 24.2 Å². The fraction of sp³-hybridized carbons (Fsp3) is 0.571. The minimum absolute atomic E-state index is 0.465. The van der Waals surface area contributed by atoms with Gasteiger partial charge in [0.05, 0.1) is 0 Å². The highest BCUT2D eigenvalue weighted by Gasteiger charge is 2.23. The van der Waals surface area contributed by atoms with Crippen molar-refractivity contribution in [2.75, 3.05) is 5.75 Å². The lowest BCUT2D eigenvalue weighted by atomic mass is 10.0. The zero-order valence-electron chi connectivity index (χ0n) is 10.1. The highest BCUT2D eigenvalue weighted by Crippen LogP contribution is 2.27. The predicted octanol–water partition coefficient (Wildman–Crippen LogP) is 3.62. The molecule has 1 aromatic rings. The summed E-state index contributed by atoms with van der Waals surface area (Å²) in [6, 6.07) is 11.9. The fourth-order valence-corrected chi connectivity index (χ4v) is 3.45. The molecule has 0 radical (unpaired) electrons. The number of hydrogen-bond acceptors (Lipinski definition) is 2. The predicted molar refractivity (Wildman–Crippen MR) is 72.9 cm³/mol. The van der Waals surface area contributed by atoms with Gasteiger partial charge in [-0.2, -0.15) is 11.8 Å². The summed E-state index contributed by atoms with van der Waals surface area (Å²) >= 11 is 2.10. The van der Waals surface area contributed by atoms with Crippen LogP contribution in [0.2, 0.25) is 0 Å². The molecule has 0 saturated carbocycles. The first kappa shape index (κ1) is 12.0. The second-order valence-corrected chi connectivity index (χ2v) is 6.11. The topological polar surface area (TPSA) is 12.0 Å². The molecule has 0 bridgehead atoms. The van der Waals surface area contributed by atoms with Gasteiger partial charge in [0.15, 0.2) is 0 Å². The molecule has 0 aromatic heterocycles. The lowest BCUT2D eigenvalue weighted by Crippen LogP contribution is -2.40. The van der Waals surface area contributed by atoms with Crippen LogP contribution in [0.4, 0.5) is 0 Å². The van der Waals surface area contributed by atoms with Crippen molar-refractivity contribution in [3.05, 3.63) is 35.9 Å². The van der Waals surface area contributed by atoms with Gasteiger partial charge < -0.3 is 5.32 Å². The molecule has 3 atom stereocenters. The largest absolute Gasteiger partial charge is 0.306 e. The van der Waals surface area contributed by atoms with Gasteiger partial charge in [-0.1, -0.05) is 37.3 Å². The maximum absolute atomic E-state index is 3.76. The monoisotopic (exact) mass is 235 g/mol. The van der Waals surface area contributed by atoms with Crippen molar-refractivity contribution >= 4 is 11.8 Å². The number of rotatable bonds is 3. The van der Waals surface area contributed by atoms with Crippen LogP contribution in [0.3, 0.4) is 0 Å². The summed E-state index contributed by atoms with van der Waals surface area (Å²) in [6.07, 6.45) is 2.68.